The van der Waals surface area contributed by atoms with E-state index in [1.807, 2.05) is 0 Å². The predicted octanol–water partition coefficient (Wildman–Crippen LogP) is 1.59. The van der Waals surface area contributed by atoms with Gasteiger partial charge in [0.05, 0.1) is 12.1 Å². The van der Waals surface area contributed by atoms with Crippen LogP contribution in [0.1, 0.15) is 23.7 Å². The fraction of sp³-hybridized carbons (Fsp3) is 0.250. The summed E-state index contributed by atoms with van der Waals surface area (Å²) < 4.78 is 40.2. The summed E-state index contributed by atoms with van der Waals surface area (Å²) in [7, 11) is -4.03. The highest BCUT2D eigenvalue weighted by Crippen LogP contribution is 2.37. The summed E-state index contributed by atoms with van der Waals surface area (Å²) in [4.78, 5) is 3.58. The Bertz CT molecular complexity index is 894. The van der Waals surface area contributed by atoms with Gasteiger partial charge in [-0.1, -0.05) is 12.1 Å². The largest absolute Gasteiger partial charge is 0.392 e. The zero-order chi connectivity index (χ0) is 17.3. The first kappa shape index (κ1) is 16.5. The molecule has 3 rings (SSSR count). The zero-order valence-electron chi connectivity index (χ0n) is 12.5. The highest BCUT2D eigenvalue weighted by atomic mass is 32.2. The van der Waals surface area contributed by atoms with Gasteiger partial charge in [0.25, 0.3) is 0 Å². The van der Waals surface area contributed by atoms with Crippen LogP contribution in [0.4, 0.5) is 4.39 Å². The van der Waals surface area contributed by atoms with Gasteiger partial charge in [0, 0.05) is 12.7 Å². The van der Waals surface area contributed by atoms with E-state index >= 15 is 0 Å². The average Bonchev–Trinajstić information content (AvgIpc) is 2.98. The Labute approximate surface area is 138 Å². The second kappa shape index (κ2) is 6.28. The van der Waals surface area contributed by atoms with Crippen LogP contribution in [0.2, 0.25) is 0 Å². The number of hydrogen-bond donors (Lipinski definition) is 1. The fourth-order valence-electron chi connectivity index (χ4n) is 2.85. The van der Waals surface area contributed by atoms with Crippen molar-refractivity contribution in [1.29, 1.82) is 5.26 Å². The number of halogens is 1. The predicted molar refractivity (Wildman–Crippen MR) is 82.6 cm³/mol. The molecule has 0 spiro atoms. The molecule has 2 heterocycles. The van der Waals surface area contributed by atoms with E-state index in [4.69, 9.17) is 5.26 Å². The molecule has 8 heteroatoms. The zero-order valence-corrected chi connectivity index (χ0v) is 13.3. The Kier molecular flexibility index (Phi) is 4.32. The number of β-amino-alcohol motifs (C(OH)–C–C–N with tert-alkyl or cyclic N) is 1. The molecule has 0 saturated carbocycles. The Balaban J connectivity index is 2.05. The molecule has 1 aromatic carbocycles. The Hall–Kier alpha value is -2.34. The molecule has 1 aliphatic rings. The van der Waals surface area contributed by atoms with Crippen LogP contribution in [0.15, 0.2) is 47.5 Å². The highest BCUT2D eigenvalue weighted by Gasteiger charge is 2.41. The van der Waals surface area contributed by atoms with Gasteiger partial charge in [-0.2, -0.15) is 9.57 Å². The molecule has 24 heavy (non-hydrogen) atoms. The van der Waals surface area contributed by atoms with Gasteiger partial charge in [0.1, 0.15) is 16.8 Å². The molecule has 0 unspecified atom stereocenters. The van der Waals surface area contributed by atoms with Gasteiger partial charge in [-0.25, -0.2) is 17.8 Å². The Morgan fingerprint density at radius 2 is 2.00 bits per heavy atom. The number of nitrogens with zero attached hydrogens (tertiary/aromatic N) is 3. The normalized spacial score (nSPS) is 21.5. The van der Waals surface area contributed by atoms with E-state index < -0.39 is 28.0 Å². The lowest BCUT2D eigenvalue weighted by molar-refractivity contribution is 0.188. The van der Waals surface area contributed by atoms with Crippen LogP contribution in [0.5, 0.6) is 0 Å². The summed E-state index contributed by atoms with van der Waals surface area (Å²) >= 11 is 0. The lowest BCUT2D eigenvalue weighted by Gasteiger charge is -2.24. The molecule has 6 nitrogen and oxygen atoms in total. The summed E-state index contributed by atoms with van der Waals surface area (Å²) in [5, 5.41) is 19.1. The second-order valence-electron chi connectivity index (χ2n) is 5.49. The first-order valence-corrected chi connectivity index (χ1v) is 8.68. The van der Waals surface area contributed by atoms with Crippen molar-refractivity contribution in [2.45, 2.75) is 23.5 Å². The summed E-state index contributed by atoms with van der Waals surface area (Å²) in [5.74, 6) is -0.425. The van der Waals surface area contributed by atoms with Crippen LogP contribution in [-0.4, -0.2) is 35.5 Å². The summed E-state index contributed by atoms with van der Waals surface area (Å²) in [5.41, 5.74) is 0.385. The third-order valence-electron chi connectivity index (χ3n) is 3.95. The molecule has 1 aliphatic heterocycles. The molecular formula is C16H14FN3O3S. The van der Waals surface area contributed by atoms with Gasteiger partial charge in [-0.15, -0.1) is 0 Å². The van der Waals surface area contributed by atoms with Crippen molar-refractivity contribution in [1.82, 2.24) is 9.29 Å². The van der Waals surface area contributed by atoms with E-state index in [1.54, 1.807) is 6.07 Å². The van der Waals surface area contributed by atoms with Gasteiger partial charge >= 0.3 is 0 Å². The first-order chi connectivity index (χ1) is 11.4. The van der Waals surface area contributed by atoms with E-state index in [2.05, 4.69) is 4.98 Å². The van der Waals surface area contributed by atoms with Gasteiger partial charge in [-0.05, 0) is 36.2 Å². The number of hydrogen-bond acceptors (Lipinski definition) is 5. The standard InChI is InChI=1S/C16H14FN3O3S/c17-12-5-3-11(4-6-12)15-8-13(21)10-20(15)24(22,23)16-2-1-7-19-14(16)9-18/h1-7,13,15,21H,8,10H2/t13-,15-/m1/s1. The van der Waals surface area contributed by atoms with Crippen molar-refractivity contribution in [2.75, 3.05) is 6.54 Å². The molecule has 1 fully saturated rings. The van der Waals surface area contributed by atoms with Gasteiger partial charge < -0.3 is 5.11 Å². The van der Waals surface area contributed by atoms with Gasteiger partial charge in [-0.3, -0.25) is 0 Å². The minimum absolute atomic E-state index is 0.0931. The molecule has 0 amide bonds. The third-order valence-corrected chi connectivity index (χ3v) is 5.86. The first-order valence-electron chi connectivity index (χ1n) is 7.24. The number of aromatic nitrogens is 1. The third kappa shape index (κ3) is 2.89. The molecule has 1 aromatic heterocycles. The number of sulfonamides is 1. The fourth-order valence-corrected chi connectivity index (χ4v) is 4.60. The Morgan fingerprint density at radius 1 is 1.29 bits per heavy atom. The monoisotopic (exact) mass is 347 g/mol. The molecule has 1 N–H and O–H groups in total. The quantitative estimate of drug-likeness (QED) is 0.910. The van der Waals surface area contributed by atoms with E-state index in [1.165, 1.54) is 42.6 Å². The second-order valence-corrected chi connectivity index (χ2v) is 7.35. The number of aliphatic hydroxyl groups excluding tert-OH is 1. The number of nitriles is 1. The van der Waals surface area contributed by atoms with Gasteiger partial charge in [0.2, 0.25) is 10.0 Å². The lowest BCUT2D eigenvalue weighted by Crippen LogP contribution is -2.32. The molecule has 0 radical (unpaired) electrons. The van der Waals surface area contributed by atoms with Crippen LogP contribution in [0.3, 0.4) is 0 Å². The maximum absolute atomic E-state index is 13.1. The van der Waals surface area contributed by atoms with E-state index in [0.29, 0.717) is 5.56 Å². The van der Waals surface area contributed by atoms with Crippen LogP contribution in [0.25, 0.3) is 0 Å². The minimum atomic E-state index is -4.03. The van der Waals surface area contributed by atoms with Crippen molar-refractivity contribution >= 4 is 10.0 Å². The molecule has 0 aliphatic carbocycles. The SMILES string of the molecule is N#Cc1ncccc1S(=O)(=O)N1C[C@H](O)C[C@@H]1c1ccc(F)cc1. The van der Waals surface area contributed by atoms with Crippen molar-refractivity contribution in [2.24, 2.45) is 0 Å². The van der Waals surface area contributed by atoms with Crippen LogP contribution in [-0.2, 0) is 10.0 Å². The highest BCUT2D eigenvalue weighted by molar-refractivity contribution is 7.89. The molecule has 1 saturated heterocycles. The van der Waals surface area contributed by atoms with E-state index in [9.17, 15) is 17.9 Å². The van der Waals surface area contributed by atoms with Crippen LogP contribution < -0.4 is 0 Å². The van der Waals surface area contributed by atoms with Crippen molar-refractivity contribution in [3.63, 3.8) is 0 Å². The van der Waals surface area contributed by atoms with Crippen molar-refractivity contribution in [3.8, 4) is 6.07 Å². The van der Waals surface area contributed by atoms with Crippen molar-refractivity contribution < 1.29 is 17.9 Å². The molecule has 2 atom stereocenters. The van der Waals surface area contributed by atoms with E-state index in [-0.39, 0.29) is 23.6 Å². The van der Waals surface area contributed by atoms with Crippen LogP contribution >= 0.6 is 0 Å². The summed E-state index contributed by atoms with van der Waals surface area (Å²) in [6.45, 7) is -0.0931. The smallest absolute Gasteiger partial charge is 0.246 e. The average molecular weight is 347 g/mol. The topological polar surface area (TPSA) is 94.3 Å². The van der Waals surface area contributed by atoms with Gasteiger partial charge in [0.15, 0.2) is 5.69 Å². The number of aliphatic hydroxyl groups is 1. The Morgan fingerprint density at radius 3 is 2.67 bits per heavy atom. The lowest BCUT2D eigenvalue weighted by atomic mass is 10.0. The molecular weight excluding hydrogens is 333 g/mol. The number of rotatable bonds is 3. The summed E-state index contributed by atoms with van der Waals surface area (Å²) in [6.07, 6.45) is 0.706. The van der Waals surface area contributed by atoms with Crippen LogP contribution in [0, 0.1) is 17.1 Å². The van der Waals surface area contributed by atoms with Crippen molar-refractivity contribution in [3.05, 3.63) is 59.7 Å². The maximum atomic E-state index is 13.1. The summed E-state index contributed by atoms with van der Waals surface area (Å²) in [6, 6.07) is 9.37. The van der Waals surface area contributed by atoms with E-state index in [0.717, 1.165) is 4.31 Å². The maximum Gasteiger partial charge on any atom is 0.246 e. The molecule has 2 aromatic rings. The molecule has 124 valence electrons. The minimum Gasteiger partial charge on any atom is -0.392 e. The number of pyridine rings is 1. The number of benzene rings is 1. The molecule has 0 bridgehead atoms.